The Morgan fingerprint density at radius 3 is 1.71 bits per heavy atom. The first kappa shape index (κ1) is 27.0. The number of hydrogen-bond donors (Lipinski definition) is 0. The SMILES string of the molecule is c1ccc(-n2c3ccccc3c3ccc(-c4ccc5c6c(ccc5c4)-c4ccccc4C6(c4ccccc4)c4ccccc4)cc32)cc1. The molecule has 0 saturated carbocycles. The van der Waals surface area contributed by atoms with Crippen molar-refractivity contribution in [1.82, 2.24) is 4.57 Å². The van der Waals surface area contributed by atoms with Crippen LogP contribution in [0.2, 0.25) is 0 Å². The van der Waals surface area contributed by atoms with Crippen LogP contribution < -0.4 is 0 Å². The third-order valence-electron chi connectivity index (χ3n) is 10.5. The van der Waals surface area contributed by atoms with E-state index in [0.29, 0.717) is 0 Å². The van der Waals surface area contributed by atoms with Gasteiger partial charge in [-0.15, -0.1) is 0 Å². The molecule has 48 heavy (non-hydrogen) atoms. The summed E-state index contributed by atoms with van der Waals surface area (Å²) >= 11 is 0. The molecule has 1 heterocycles. The molecule has 8 aromatic carbocycles. The largest absolute Gasteiger partial charge is 0.309 e. The monoisotopic (exact) mass is 609 g/mol. The molecule has 0 aliphatic heterocycles. The highest BCUT2D eigenvalue weighted by Crippen LogP contribution is 2.58. The van der Waals surface area contributed by atoms with Crippen LogP contribution in [0.1, 0.15) is 22.3 Å². The molecule has 0 fully saturated rings. The van der Waals surface area contributed by atoms with Gasteiger partial charge >= 0.3 is 0 Å². The highest BCUT2D eigenvalue weighted by molar-refractivity contribution is 6.10. The van der Waals surface area contributed by atoms with Crippen LogP contribution in [0.4, 0.5) is 0 Å². The van der Waals surface area contributed by atoms with E-state index in [-0.39, 0.29) is 0 Å². The molecule has 1 nitrogen and oxygen atoms in total. The van der Waals surface area contributed by atoms with E-state index < -0.39 is 5.41 Å². The van der Waals surface area contributed by atoms with Crippen molar-refractivity contribution < 1.29 is 0 Å². The standard InChI is InChI=1S/C47H31N/c1-4-14-35(15-5-1)47(36-16-6-2-7-17-36)43-22-12-10-20-39(43)42-29-26-34-30-32(24-27-38(34)46(42)47)33-25-28-41-40-21-11-13-23-44(40)48(45(41)31-33)37-18-8-3-9-19-37/h1-31H. The van der Waals surface area contributed by atoms with Gasteiger partial charge in [-0.25, -0.2) is 0 Å². The molecule has 0 radical (unpaired) electrons. The van der Waals surface area contributed by atoms with Gasteiger partial charge in [0.05, 0.1) is 16.4 Å². The molecule has 0 atom stereocenters. The van der Waals surface area contributed by atoms with Crippen LogP contribution >= 0.6 is 0 Å². The summed E-state index contributed by atoms with van der Waals surface area (Å²) < 4.78 is 2.40. The fourth-order valence-corrected chi connectivity index (χ4v) is 8.47. The summed E-state index contributed by atoms with van der Waals surface area (Å²) in [6.07, 6.45) is 0. The van der Waals surface area contributed by atoms with Crippen molar-refractivity contribution in [2.45, 2.75) is 5.41 Å². The molecule has 0 saturated heterocycles. The van der Waals surface area contributed by atoms with Gasteiger partial charge in [-0.3, -0.25) is 0 Å². The Morgan fingerprint density at radius 2 is 0.958 bits per heavy atom. The molecule has 0 bridgehead atoms. The summed E-state index contributed by atoms with van der Waals surface area (Å²) in [6.45, 7) is 0. The molecule has 0 amide bonds. The Bertz CT molecular complexity index is 2610. The molecule has 1 aromatic heterocycles. The lowest BCUT2D eigenvalue weighted by Crippen LogP contribution is -2.28. The number of nitrogens with zero attached hydrogens (tertiary/aromatic N) is 1. The minimum Gasteiger partial charge on any atom is -0.309 e. The second kappa shape index (κ2) is 10.4. The molecule has 1 aliphatic rings. The first-order valence-corrected chi connectivity index (χ1v) is 16.7. The molecule has 224 valence electrons. The first-order chi connectivity index (χ1) is 23.8. The van der Waals surface area contributed by atoms with E-state index in [4.69, 9.17) is 0 Å². The van der Waals surface area contributed by atoms with E-state index in [1.807, 2.05) is 0 Å². The van der Waals surface area contributed by atoms with Gasteiger partial charge in [0.25, 0.3) is 0 Å². The highest BCUT2D eigenvalue weighted by atomic mass is 15.0. The number of hydrogen-bond acceptors (Lipinski definition) is 0. The minimum absolute atomic E-state index is 0.426. The maximum absolute atomic E-state index is 2.40. The summed E-state index contributed by atoms with van der Waals surface area (Å²) in [5, 5.41) is 5.08. The van der Waals surface area contributed by atoms with Crippen molar-refractivity contribution in [3.8, 4) is 27.9 Å². The molecule has 0 unspecified atom stereocenters. The summed E-state index contributed by atoms with van der Waals surface area (Å²) in [5.74, 6) is 0. The molecular weight excluding hydrogens is 579 g/mol. The van der Waals surface area contributed by atoms with Crippen LogP contribution in [-0.2, 0) is 5.41 Å². The second-order valence-electron chi connectivity index (χ2n) is 12.9. The van der Waals surface area contributed by atoms with Gasteiger partial charge in [-0.1, -0.05) is 158 Å². The van der Waals surface area contributed by atoms with E-state index in [0.717, 1.165) is 0 Å². The molecular formula is C47H31N. The summed E-state index contributed by atoms with van der Waals surface area (Å²) in [7, 11) is 0. The zero-order chi connectivity index (χ0) is 31.7. The maximum Gasteiger partial charge on any atom is 0.0719 e. The van der Waals surface area contributed by atoms with Crippen LogP contribution in [0, 0.1) is 0 Å². The predicted molar refractivity (Wildman–Crippen MR) is 201 cm³/mol. The number of rotatable bonds is 4. The van der Waals surface area contributed by atoms with Gasteiger partial charge in [0.2, 0.25) is 0 Å². The number of aromatic nitrogens is 1. The fourth-order valence-electron chi connectivity index (χ4n) is 8.47. The zero-order valence-electron chi connectivity index (χ0n) is 26.3. The lowest BCUT2D eigenvalue weighted by Gasteiger charge is -2.34. The molecule has 1 heteroatoms. The molecule has 0 spiro atoms. The number of fused-ring (bicyclic) bond motifs is 8. The first-order valence-electron chi connectivity index (χ1n) is 16.7. The second-order valence-corrected chi connectivity index (χ2v) is 12.9. The Hall–Kier alpha value is -6.18. The van der Waals surface area contributed by atoms with Crippen molar-refractivity contribution in [2.75, 3.05) is 0 Å². The smallest absolute Gasteiger partial charge is 0.0719 e. The summed E-state index contributed by atoms with van der Waals surface area (Å²) in [6, 6.07) is 69.2. The van der Waals surface area contributed by atoms with Crippen LogP contribution in [0.15, 0.2) is 188 Å². The van der Waals surface area contributed by atoms with Crippen LogP contribution in [-0.4, -0.2) is 4.57 Å². The van der Waals surface area contributed by atoms with Crippen molar-refractivity contribution in [3.05, 3.63) is 210 Å². The van der Waals surface area contributed by atoms with Crippen molar-refractivity contribution >= 4 is 32.6 Å². The van der Waals surface area contributed by atoms with Crippen LogP contribution in [0.3, 0.4) is 0 Å². The van der Waals surface area contributed by atoms with Crippen molar-refractivity contribution in [3.63, 3.8) is 0 Å². The normalized spacial score (nSPS) is 13.2. The van der Waals surface area contributed by atoms with Crippen molar-refractivity contribution in [2.24, 2.45) is 0 Å². The van der Waals surface area contributed by atoms with E-state index in [9.17, 15) is 0 Å². The van der Waals surface area contributed by atoms with E-state index in [1.54, 1.807) is 0 Å². The third-order valence-corrected chi connectivity index (χ3v) is 10.5. The Morgan fingerprint density at radius 1 is 0.375 bits per heavy atom. The van der Waals surface area contributed by atoms with Gasteiger partial charge in [-0.2, -0.15) is 0 Å². The lowest BCUT2D eigenvalue weighted by atomic mass is 9.66. The molecule has 9 aromatic rings. The quantitative estimate of drug-likeness (QED) is 0.187. The minimum atomic E-state index is -0.426. The lowest BCUT2D eigenvalue weighted by molar-refractivity contribution is 0.775. The van der Waals surface area contributed by atoms with Crippen molar-refractivity contribution in [1.29, 1.82) is 0 Å². The third kappa shape index (κ3) is 3.73. The van der Waals surface area contributed by atoms with Gasteiger partial charge in [-0.05, 0) is 85.6 Å². The van der Waals surface area contributed by atoms with E-state index in [1.165, 1.54) is 82.8 Å². The fraction of sp³-hybridized carbons (Fsp3) is 0.0213. The average molecular weight is 610 g/mol. The topological polar surface area (TPSA) is 4.93 Å². The van der Waals surface area contributed by atoms with Gasteiger partial charge < -0.3 is 4.57 Å². The summed E-state index contributed by atoms with van der Waals surface area (Å²) in [5.41, 5.74) is 13.5. The Kier molecular flexibility index (Phi) is 5.86. The van der Waals surface area contributed by atoms with Gasteiger partial charge in [0, 0.05) is 16.5 Å². The van der Waals surface area contributed by atoms with Gasteiger partial charge in [0.15, 0.2) is 0 Å². The Labute approximate surface area is 280 Å². The van der Waals surface area contributed by atoms with E-state index in [2.05, 4.69) is 193 Å². The Balaban J connectivity index is 1.22. The number of benzene rings is 8. The molecule has 10 rings (SSSR count). The summed E-state index contributed by atoms with van der Waals surface area (Å²) in [4.78, 5) is 0. The predicted octanol–water partition coefficient (Wildman–Crippen LogP) is 12.0. The van der Waals surface area contributed by atoms with Crippen LogP contribution in [0.5, 0.6) is 0 Å². The highest BCUT2D eigenvalue weighted by Gasteiger charge is 2.46. The van der Waals surface area contributed by atoms with Crippen LogP contribution in [0.25, 0.3) is 60.5 Å². The zero-order valence-corrected chi connectivity index (χ0v) is 26.3. The number of para-hydroxylation sites is 2. The van der Waals surface area contributed by atoms with E-state index >= 15 is 0 Å². The van der Waals surface area contributed by atoms with Gasteiger partial charge in [0.1, 0.15) is 0 Å². The molecule has 1 aliphatic carbocycles. The molecule has 0 N–H and O–H groups in total. The maximum atomic E-state index is 2.40. The average Bonchev–Trinajstić information content (AvgIpc) is 3.66.